The van der Waals surface area contributed by atoms with Gasteiger partial charge in [0.05, 0.1) is 12.2 Å². The van der Waals surface area contributed by atoms with Crippen molar-refractivity contribution in [3.05, 3.63) is 71.8 Å². The zero-order chi connectivity index (χ0) is 36.7. The van der Waals surface area contributed by atoms with E-state index in [2.05, 4.69) is 24.3 Å². The van der Waals surface area contributed by atoms with Gasteiger partial charge in [0, 0.05) is 35.7 Å². The van der Waals surface area contributed by atoms with Gasteiger partial charge in [-0.05, 0) is 37.2 Å². The lowest BCUT2D eigenvalue weighted by molar-refractivity contribution is -0.454. The monoisotopic (exact) mass is 718 g/mol. The van der Waals surface area contributed by atoms with Gasteiger partial charge in [0.25, 0.3) is 0 Å². The molecule has 0 radical (unpaired) electrons. The molecular formula is C42H54O10. The molecule has 10 heteroatoms. The minimum Gasteiger partial charge on any atom is -0.459 e. The van der Waals surface area contributed by atoms with E-state index < -0.39 is 82.4 Å². The van der Waals surface area contributed by atoms with Crippen molar-refractivity contribution < 1.29 is 48.6 Å². The highest BCUT2D eigenvalue weighted by Gasteiger charge is 2.93. The number of ketones is 1. The van der Waals surface area contributed by atoms with Crippen LogP contribution in [0.4, 0.5) is 0 Å². The zero-order valence-electron chi connectivity index (χ0n) is 30.8. The molecule has 10 nitrogen and oxygen atoms in total. The Bertz CT molecular complexity index is 1670. The van der Waals surface area contributed by atoms with Gasteiger partial charge in [-0.1, -0.05) is 114 Å². The van der Waals surface area contributed by atoms with E-state index in [-0.39, 0.29) is 31.1 Å². The molecule has 6 aliphatic rings. The molecule has 4 unspecified atom stereocenters. The number of aliphatic hydroxyl groups is 3. The topological polar surface area (TPSA) is 144 Å². The number of Topliss-reactive ketones (excluding diaryl/α,β-unsaturated/α-hetero) is 1. The van der Waals surface area contributed by atoms with E-state index in [0.717, 1.165) is 38.5 Å². The average Bonchev–Trinajstić information content (AvgIpc) is 3.77. The predicted octanol–water partition coefficient (Wildman–Crippen LogP) is 5.13. The van der Waals surface area contributed by atoms with Crippen molar-refractivity contribution in [1.82, 2.24) is 0 Å². The number of aliphatic hydroxyl groups excluding tert-OH is 2. The molecule has 3 aliphatic heterocycles. The molecular weight excluding hydrogens is 664 g/mol. The first-order valence-electron chi connectivity index (χ1n) is 19.5. The number of carbonyl (C=O) groups excluding carboxylic acids is 2. The maximum absolute atomic E-state index is 13.9. The number of unbranched alkanes of at least 4 members (excludes halogenated alkanes) is 5. The van der Waals surface area contributed by atoms with Crippen LogP contribution in [0.1, 0.15) is 96.6 Å². The fraction of sp³-hybridized carbons (Fsp3) is 0.667. The molecule has 8 rings (SSSR count). The number of aryl methyl sites for hydroxylation is 1. The van der Waals surface area contributed by atoms with Crippen LogP contribution in [0.2, 0.25) is 0 Å². The van der Waals surface area contributed by atoms with Crippen LogP contribution in [-0.4, -0.2) is 80.5 Å². The van der Waals surface area contributed by atoms with E-state index >= 15 is 0 Å². The summed E-state index contributed by atoms with van der Waals surface area (Å²) in [6, 6.07) is 19.8. The van der Waals surface area contributed by atoms with Crippen molar-refractivity contribution in [2.45, 2.75) is 145 Å². The van der Waals surface area contributed by atoms with Crippen LogP contribution in [-0.2, 0) is 45.7 Å². The number of rotatable bonds is 13. The Morgan fingerprint density at radius 3 is 2.25 bits per heavy atom. The van der Waals surface area contributed by atoms with E-state index in [4.69, 9.17) is 23.7 Å². The van der Waals surface area contributed by atoms with Gasteiger partial charge in [-0.25, -0.2) is 0 Å². The molecule has 6 fully saturated rings. The lowest BCUT2D eigenvalue weighted by Gasteiger charge is -2.65. The summed E-state index contributed by atoms with van der Waals surface area (Å²) in [5, 5.41) is 35.4. The molecule has 3 aliphatic carbocycles. The summed E-state index contributed by atoms with van der Waals surface area (Å²) in [6.07, 6.45) is 3.33. The summed E-state index contributed by atoms with van der Waals surface area (Å²) in [5.41, 5.74) is -6.05. The standard InChI is InChI=1S/C42H54O10/c1-26(2)39-33(48-31(45)22-16-8-6-5-7-11-17-28-18-12-9-13-19-28)27(3)41-32(35(39)50-42(51-39,52-41)29-20-14-10-15-21-29)34-38(25-43,49-34)36(46)40(47)30(44)23-24-37(40,41)4/h9-10,12-15,18-21,26-27,32-36,43,46-47H,5-8,11,16-17,22-25H2,1-4H3/t27-,32+,33-,34+,35?,36-,37-,38+,39?,40-,41?,42?/m1/s1. The Labute approximate surface area is 306 Å². The van der Waals surface area contributed by atoms with Crippen LogP contribution in [0.15, 0.2) is 60.7 Å². The van der Waals surface area contributed by atoms with Crippen molar-refractivity contribution in [2.24, 2.45) is 23.2 Å². The highest BCUT2D eigenvalue weighted by Crippen LogP contribution is 2.77. The summed E-state index contributed by atoms with van der Waals surface area (Å²) >= 11 is 0. The summed E-state index contributed by atoms with van der Waals surface area (Å²) in [7, 11) is 0. The number of epoxide rings is 1. The Kier molecular flexibility index (Phi) is 8.85. The van der Waals surface area contributed by atoms with Gasteiger partial charge in [0.2, 0.25) is 0 Å². The maximum Gasteiger partial charge on any atom is 0.313 e. The fourth-order valence-corrected chi connectivity index (χ4v) is 11.4. The molecule has 52 heavy (non-hydrogen) atoms. The second-order valence-electron chi connectivity index (χ2n) is 16.9. The first-order chi connectivity index (χ1) is 24.9. The normalized spacial score (nSPS) is 43.9. The molecule has 0 spiro atoms. The van der Waals surface area contributed by atoms with E-state index in [9.17, 15) is 24.9 Å². The van der Waals surface area contributed by atoms with Crippen LogP contribution < -0.4 is 0 Å². The Balaban J connectivity index is 1.10. The van der Waals surface area contributed by atoms with Gasteiger partial charge >= 0.3 is 11.9 Å². The summed E-state index contributed by atoms with van der Waals surface area (Å²) < 4.78 is 34.3. The molecule has 0 aromatic heterocycles. The zero-order valence-corrected chi connectivity index (χ0v) is 30.8. The van der Waals surface area contributed by atoms with Crippen LogP contribution in [0.5, 0.6) is 0 Å². The quantitative estimate of drug-likeness (QED) is 0.145. The second-order valence-corrected chi connectivity index (χ2v) is 16.9. The molecule has 282 valence electrons. The molecule has 3 saturated heterocycles. The number of carbonyl (C=O) groups is 2. The maximum atomic E-state index is 13.9. The number of fused-ring (bicyclic) bond motifs is 3. The van der Waals surface area contributed by atoms with Gasteiger partial charge in [-0.3, -0.25) is 9.59 Å². The van der Waals surface area contributed by atoms with Crippen molar-refractivity contribution in [1.29, 1.82) is 0 Å². The van der Waals surface area contributed by atoms with Gasteiger partial charge in [0.1, 0.15) is 35.6 Å². The fourth-order valence-electron chi connectivity index (χ4n) is 11.4. The molecule has 2 aromatic carbocycles. The molecule has 12 atom stereocenters. The highest BCUT2D eigenvalue weighted by molar-refractivity contribution is 5.92. The third-order valence-corrected chi connectivity index (χ3v) is 14.1. The van der Waals surface area contributed by atoms with Gasteiger partial charge in [-0.15, -0.1) is 0 Å². The van der Waals surface area contributed by atoms with Crippen LogP contribution in [0, 0.1) is 23.2 Å². The van der Waals surface area contributed by atoms with Crippen molar-refractivity contribution in [3.8, 4) is 0 Å². The van der Waals surface area contributed by atoms with Crippen molar-refractivity contribution in [3.63, 3.8) is 0 Å². The van der Waals surface area contributed by atoms with E-state index in [1.54, 1.807) is 6.92 Å². The van der Waals surface area contributed by atoms with Crippen LogP contribution in [0.3, 0.4) is 0 Å². The van der Waals surface area contributed by atoms with Gasteiger partial charge in [-0.2, -0.15) is 0 Å². The molecule has 3 bridgehead atoms. The molecule has 3 N–H and O–H groups in total. The third-order valence-electron chi connectivity index (χ3n) is 14.1. The van der Waals surface area contributed by atoms with E-state index in [1.807, 2.05) is 57.2 Å². The molecule has 2 aromatic rings. The second kappa shape index (κ2) is 12.7. The number of hydrogen-bond donors (Lipinski definition) is 3. The van der Waals surface area contributed by atoms with E-state index in [0.29, 0.717) is 12.0 Å². The summed E-state index contributed by atoms with van der Waals surface area (Å²) in [6.45, 7) is 7.15. The minimum absolute atomic E-state index is 0.00244. The Morgan fingerprint density at radius 1 is 0.923 bits per heavy atom. The number of ether oxygens (including phenoxy) is 5. The average molecular weight is 719 g/mol. The highest BCUT2D eigenvalue weighted by atomic mass is 16.9. The molecule has 3 heterocycles. The smallest absolute Gasteiger partial charge is 0.313 e. The Hall–Kier alpha value is -2.70. The van der Waals surface area contributed by atoms with Crippen LogP contribution >= 0.6 is 0 Å². The molecule has 3 saturated carbocycles. The number of esters is 1. The number of benzene rings is 2. The minimum atomic E-state index is -2.32. The lowest BCUT2D eigenvalue weighted by Crippen LogP contribution is -2.80. The Morgan fingerprint density at radius 2 is 1.58 bits per heavy atom. The summed E-state index contributed by atoms with van der Waals surface area (Å²) in [5.74, 6) is -4.23. The van der Waals surface area contributed by atoms with Crippen molar-refractivity contribution >= 4 is 11.8 Å². The third kappa shape index (κ3) is 4.67. The van der Waals surface area contributed by atoms with Crippen LogP contribution in [0.25, 0.3) is 0 Å². The van der Waals surface area contributed by atoms with Crippen molar-refractivity contribution in [2.75, 3.05) is 6.61 Å². The first kappa shape index (κ1) is 36.3. The van der Waals surface area contributed by atoms with Gasteiger partial charge < -0.3 is 39.0 Å². The van der Waals surface area contributed by atoms with Gasteiger partial charge in [0.15, 0.2) is 11.4 Å². The molecule has 0 amide bonds. The predicted molar refractivity (Wildman–Crippen MR) is 188 cm³/mol. The first-order valence-corrected chi connectivity index (χ1v) is 19.5. The largest absolute Gasteiger partial charge is 0.459 e. The SMILES string of the molecule is CC(C)C12OC3(c4ccccc4)OC1[C@@H]1[C@@H]4O[C@]4(CO)[C@@H](O)[C@]4(O)C(=O)CC[C@@]4(C)C1(O3)[C@H](C)[C@H]2OC(=O)CCCCCCCCc1ccccc1. The number of hydrogen-bond acceptors (Lipinski definition) is 10. The van der Waals surface area contributed by atoms with E-state index in [1.165, 1.54) is 5.56 Å². The summed E-state index contributed by atoms with van der Waals surface area (Å²) in [4.78, 5) is 27.8. The lowest BCUT2D eigenvalue weighted by atomic mass is 9.47.